The van der Waals surface area contributed by atoms with Crippen LogP contribution in [-0.2, 0) is 9.53 Å². The van der Waals surface area contributed by atoms with Crippen LogP contribution < -0.4 is 5.73 Å². The second kappa shape index (κ2) is 5.61. The van der Waals surface area contributed by atoms with Crippen molar-refractivity contribution in [1.82, 2.24) is 0 Å². The zero-order valence-corrected chi connectivity index (χ0v) is 9.36. The van der Waals surface area contributed by atoms with Gasteiger partial charge in [0, 0.05) is 18.9 Å². The van der Waals surface area contributed by atoms with E-state index in [9.17, 15) is 13.6 Å². The van der Waals surface area contributed by atoms with Gasteiger partial charge >= 0.3 is 5.97 Å². The SMILES string of the molecule is CCOC(=O)C1CC(F)(F)CCC1N.Cl. The Morgan fingerprint density at radius 3 is 2.73 bits per heavy atom. The Bertz CT molecular complexity index is 226. The second-order valence-electron chi connectivity index (χ2n) is 3.62. The fourth-order valence-corrected chi connectivity index (χ4v) is 1.66. The lowest BCUT2D eigenvalue weighted by molar-refractivity contribution is -0.156. The van der Waals surface area contributed by atoms with Gasteiger partial charge < -0.3 is 10.5 Å². The first-order valence-electron chi connectivity index (χ1n) is 4.76. The van der Waals surface area contributed by atoms with Crippen LogP contribution in [0.5, 0.6) is 0 Å². The third-order valence-electron chi connectivity index (χ3n) is 2.47. The van der Waals surface area contributed by atoms with E-state index >= 15 is 0 Å². The van der Waals surface area contributed by atoms with Crippen LogP contribution in [0.15, 0.2) is 0 Å². The Morgan fingerprint density at radius 2 is 2.20 bits per heavy atom. The zero-order valence-electron chi connectivity index (χ0n) is 8.54. The summed E-state index contributed by atoms with van der Waals surface area (Å²) in [5.74, 6) is -4.22. The molecule has 0 spiro atoms. The van der Waals surface area contributed by atoms with Gasteiger partial charge in [-0.15, -0.1) is 12.4 Å². The smallest absolute Gasteiger partial charge is 0.310 e. The predicted molar refractivity (Wildman–Crippen MR) is 54.1 cm³/mol. The minimum atomic E-state index is -2.77. The Hall–Kier alpha value is -0.420. The summed E-state index contributed by atoms with van der Waals surface area (Å²) in [5.41, 5.74) is 5.60. The number of nitrogens with two attached hydrogens (primary N) is 1. The molecular weight excluding hydrogens is 228 g/mol. The van der Waals surface area contributed by atoms with E-state index in [-0.39, 0.29) is 31.9 Å². The monoisotopic (exact) mass is 243 g/mol. The third kappa shape index (κ3) is 3.91. The van der Waals surface area contributed by atoms with Crippen molar-refractivity contribution in [2.45, 2.75) is 38.2 Å². The number of carbonyl (C=O) groups is 1. The molecule has 0 aromatic carbocycles. The van der Waals surface area contributed by atoms with Crippen molar-refractivity contribution in [1.29, 1.82) is 0 Å². The Kier molecular flexibility index (Phi) is 5.45. The zero-order chi connectivity index (χ0) is 10.8. The summed E-state index contributed by atoms with van der Waals surface area (Å²) in [6, 6.07) is -0.492. The average Bonchev–Trinajstić information content (AvgIpc) is 2.10. The van der Waals surface area contributed by atoms with Gasteiger partial charge in [0.05, 0.1) is 12.5 Å². The highest BCUT2D eigenvalue weighted by molar-refractivity contribution is 5.85. The summed E-state index contributed by atoms with van der Waals surface area (Å²) in [4.78, 5) is 11.3. The Morgan fingerprint density at radius 1 is 1.60 bits per heavy atom. The van der Waals surface area contributed by atoms with Gasteiger partial charge in [0.25, 0.3) is 0 Å². The lowest BCUT2D eigenvalue weighted by Gasteiger charge is -2.32. The van der Waals surface area contributed by atoms with E-state index < -0.39 is 30.3 Å². The average molecular weight is 244 g/mol. The lowest BCUT2D eigenvalue weighted by atomic mass is 9.83. The van der Waals surface area contributed by atoms with Crippen molar-refractivity contribution in [2.75, 3.05) is 6.61 Å². The van der Waals surface area contributed by atoms with E-state index in [0.717, 1.165) is 0 Å². The highest BCUT2D eigenvalue weighted by Crippen LogP contribution is 2.36. The van der Waals surface area contributed by atoms with Gasteiger partial charge in [0.1, 0.15) is 0 Å². The van der Waals surface area contributed by atoms with Crippen LogP contribution in [0.1, 0.15) is 26.2 Å². The summed E-state index contributed by atoms with van der Waals surface area (Å²) in [6.07, 6.45) is -0.534. The molecule has 1 aliphatic rings. The summed E-state index contributed by atoms with van der Waals surface area (Å²) < 4.78 is 30.6. The maximum absolute atomic E-state index is 13.0. The molecule has 0 aromatic heterocycles. The number of rotatable bonds is 2. The molecule has 2 atom stereocenters. The fraction of sp³-hybridized carbons (Fsp3) is 0.889. The largest absolute Gasteiger partial charge is 0.466 e. The van der Waals surface area contributed by atoms with E-state index in [1.807, 2.05) is 0 Å². The fourth-order valence-electron chi connectivity index (χ4n) is 1.66. The highest BCUT2D eigenvalue weighted by atomic mass is 35.5. The quantitative estimate of drug-likeness (QED) is 0.752. The molecule has 0 bridgehead atoms. The molecule has 0 amide bonds. The molecular formula is C9H16ClF2NO2. The molecule has 15 heavy (non-hydrogen) atoms. The van der Waals surface area contributed by atoms with Gasteiger partial charge in [-0.3, -0.25) is 4.79 Å². The first-order chi connectivity index (χ1) is 6.46. The Labute approximate surface area is 93.8 Å². The molecule has 2 unspecified atom stereocenters. The van der Waals surface area contributed by atoms with Gasteiger partial charge in [-0.1, -0.05) is 0 Å². The first-order valence-corrected chi connectivity index (χ1v) is 4.76. The summed E-state index contributed by atoms with van der Waals surface area (Å²) in [5, 5.41) is 0. The standard InChI is InChI=1S/C9H15F2NO2.ClH/c1-2-14-8(13)6-5-9(10,11)4-3-7(6)12;/h6-7H,2-5,12H2,1H3;1H. The molecule has 6 heteroatoms. The van der Waals surface area contributed by atoms with Crippen molar-refractivity contribution in [3.8, 4) is 0 Å². The van der Waals surface area contributed by atoms with E-state index in [0.29, 0.717) is 0 Å². The summed E-state index contributed by atoms with van der Waals surface area (Å²) in [7, 11) is 0. The van der Waals surface area contributed by atoms with E-state index in [2.05, 4.69) is 0 Å². The van der Waals surface area contributed by atoms with Gasteiger partial charge in [-0.25, -0.2) is 8.78 Å². The van der Waals surface area contributed by atoms with Crippen molar-refractivity contribution in [3.63, 3.8) is 0 Å². The highest BCUT2D eigenvalue weighted by Gasteiger charge is 2.43. The second-order valence-corrected chi connectivity index (χ2v) is 3.62. The predicted octanol–water partition coefficient (Wildman–Crippen LogP) is 1.73. The maximum atomic E-state index is 13.0. The molecule has 2 N–H and O–H groups in total. The first kappa shape index (κ1) is 14.6. The minimum absolute atomic E-state index is 0. The summed E-state index contributed by atoms with van der Waals surface area (Å²) >= 11 is 0. The van der Waals surface area contributed by atoms with Crippen LogP contribution >= 0.6 is 12.4 Å². The molecule has 3 nitrogen and oxygen atoms in total. The van der Waals surface area contributed by atoms with Crippen molar-refractivity contribution < 1.29 is 18.3 Å². The lowest BCUT2D eigenvalue weighted by Crippen LogP contribution is -2.45. The maximum Gasteiger partial charge on any atom is 0.310 e. The molecule has 1 aliphatic carbocycles. The van der Waals surface area contributed by atoms with Crippen LogP contribution in [-0.4, -0.2) is 24.5 Å². The van der Waals surface area contributed by atoms with Crippen LogP contribution in [0.4, 0.5) is 8.78 Å². The molecule has 0 saturated heterocycles. The third-order valence-corrected chi connectivity index (χ3v) is 2.47. The van der Waals surface area contributed by atoms with Crippen molar-refractivity contribution >= 4 is 18.4 Å². The van der Waals surface area contributed by atoms with E-state index in [1.165, 1.54) is 0 Å². The topological polar surface area (TPSA) is 52.3 Å². The Balaban J connectivity index is 0.00000196. The molecule has 1 fully saturated rings. The van der Waals surface area contributed by atoms with Crippen LogP contribution in [0.25, 0.3) is 0 Å². The van der Waals surface area contributed by atoms with Crippen LogP contribution in [0.2, 0.25) is 0 Å². The molecule has 1 rings (SSSR count). The minimum Gasteiger partial charge on any atom is -0.466 e. The van der Waals surface area contributed by atoms with Gasteiger partial charge in [0.2, 0.25) is 5.92 Å². The molecule has 90 valence electrons. The molecule has 0 aliphatic heterocycles. The van der Waals surface area contributed by atoms with Crippen molar-refractivity contribution in [3.05, 3.63) is 0 Å². The normalized spacial score (nSPS) is 29.1. The molecule has 0 heterocycles. The summed E-state index contributed by atoms with van der Waals surface area (Å²) in [6.45, 7) is 1.85. The van der Waals surface area contributed by atoms with Gasteiger partial charge in [0.15, 0.2) is 0 Å². The van der Waals surface area contributed by atoms with Crippen LogP contribution in [0.3, 0.4) is 0 Å². The number of hydrogen-bond acceptors (Lipinski definition) is 3. The number of halogens is 3. The van der Waals surface area contributed by atoms with Gasteiger partial charge in [-0.2, -0.15) is 0 Å². The van der Waals surface area contributed by atoms with Gasteiger partial charge in [-0.05, 0) is 13.3 Å². The number of esters is 1. The number of hydrogen-bond donors (Lipinski definition) is 1. The van der Waals surface area contributed by atoms with E-state index in [1.54, 1.807) is 6.92 Å². The number of alkyl halides is 2. The number of ether oxygens (including phenoxy) is 1. The number of carbonyl (C=O) groups excluding carboxylic acids is 1. The van der Waals surface area contributed by atoms with E-state index in [4.69, 9.17) is 10.5 Å². The van der Waals surface area contributed by atoms with Crippen LogP contribution in [0, 0.1) is 5.92 Å². The van der Waals surface area contributed by atoms with Crippen molar-refractivity contribution in [2.24, 2.45) is 11.7 Å². The molecule has 1 saturated carbocycles. The molecule has 0 aromatic rings. The molecule has 0 radical (unpaired) electrons.